The van der Waals surface area contributed by atoms with E-state index in [9.17, 15) is 19.2 Å². The van der Waals surface area contributed by atoms with Gasteiger partial charge in [0.2, 0.25) is 11.8 Å². The van der Waals surface area contributed by atoms with E-state index in [0.29, 0.717) is 18.4 Å². The zero-order valence-electron chi connectivity index (χ0n) is 16.4. The number of Topliss-reactive ketones (excluding diaryl/α,β-unsaturated/α-hetero) is 1. The fraction of sp³-hybridized carbons (Fsp3) is 0.478. The van der Waals surface area contributed by atoms with Crippen LogP contribution in [0.25, 0.3) is 0 Å². The molecule has 3 aliphatic rings. The first-order valence-electron chi connectivity index (χ1n) is 10.4. The molecule has 1 saturated heterocycles. The summed E-state index contributed by atoms with van der Waals surface area (Å²) in [4.78, 5) is 50.4. The van der Waals surface area contributed by atoms with Crippen LogP contribution in [-0.2, 0) is 32.0 Å². The minimum absolute atomic E-state index is 0.0105. The summed E-state index contributed by atoms with van der Waals surface area (Å²) in [5.74, 6) is -1.82. The van der Waals surface area contributed by atoms with E-state index >= 15 is 0 Å². The lowest BCUT2D eigenvalue weighted by atomic mass is 9.85. The van der Waals surface area contributed by atoms with Gasteiger partial charge in [0.25, 0.3) is 0 Å². The number of aryl methyl sites for hydroxylation is 2. The topological polar surface area (TPSA) is 80.8 Å². The quantitative estimate of drug-likeness (QED) is 0.320. The number of carbonyl (C=O) groups excluding carboxylic acids is 4. The zero-order valence-corrected chi connectivity index (χ0v) is 16.4. The third-order valence-corrected chi connectivity index (χ3v) is 6.17. The maximum atomic E-state index is 12.4. The SMILES string of the molecule is O=C(CCN1C(=O)[C@@H]2CC=CC[C@H]2C1=O)OCC(=O)c1ccc2c(c1)CCCC2. The maximum Gasteiger partial charge on any atom is 0.308 e. The van der Waals surface area contributed by atoms with Crippen LogP contribution in [0.1, 0.15) is 53.6 Å². The van der Waals surface area contributed by atoms with Gasteiger partial charge in [-0.2, -0.15) is 0 Å². The standard InChI is InChI=1S/C23H25NO5/c25-20(17-10-9-15-5-1-2-6-16(15)13-17)14-29-21(26)11-12-24-22(27)18-7-3-4-8-19(18)23(24)28/h3-4,9-10,13,18-19H,1-2,5-8,11-12,14H2/t18-,19-/m1/s1. The second-order valence-electron chi connectivity index (χ2n) is 8.01. The van der Waals surface area contributed by atoms with Crippen molar-refractivity contribution in [3.8, 4) is 0 Å². The number of allylic oxidation sites excluding steroid dienone is 2. The molecule has 1 fully saturated rings. The number of hydrogen-bond donors (Lipinski definition) is 0. The number of carbonyl (C=O) groups is 4. The van der Waals surface area contributed by atoms with Crippen molar-refractivity contribution < 1.29 is 23.9 Å². The predicted molar refractivity (Wildman–Crippen MR) is 105 cm³/mol. The number of ketones is 1. The molecule has 0 bridgehead atoms. The van der Waals surface area contributed by atoms with Crippen LogP contribution in [0, 0.1) is 11.8 Å². The molecule has 0 spiro atoms. The molecule has 0 unspecified atom stereocenters. The molecule has 1 aromatic rings. The van der Waals surface area contributed by atoms with E-state index in [0.717, 1.165) is 19.3 Å². The highest BCUT2D eigenvalue weighted by atomic mass is 16.5. The van der Waals surface area contributed by atoms with Gasteiger partial charge < -0.3 is 4.74 Å². The number of esters is 1. The molecule has 1 aromatic carbocycles. The Morgan fingerprint density at radius 1 is 0.966 bits per heavy atom. The summed E-state index contributed by atoms with van der Waals surface area (Å²) < 4.78 is 5.10. The molecular weight excluding hydrogens is 370 g/mol. The van der Waals surface area contributed by atoms with Crippen LogP contribution < -0.4 is 0 Å². The van der Waals surface area contributed by atoms with E-state index in [1.54, 1.807) is 6.07 Å². The number of likely N-dealkylation sites (tertiary alicyclic amines) is 1. The second kappa shape index (κ2) is 8.31. The number of benzene rings is 1. The minimum atomic E-state index is -0.579. The number of fused-ring (bicyclic) bond motifs is 2. The number of ether oxygens (including phenoxy) is 1. The predicted octanol–water partition coefficient (Wildman–Crippen LogP) is 2.63. The van der Waals surface area contributed by atoms with Crippen LogP contribution in [0.5, 0.6) is 0 Å². The molecule has 2 atom stereocenters. The fourth-order valence-corrected chi connectivity index (χ4v) is 4.50. The molecule has 152 valence electrons. The molecule has 1 aliphatic heterocycles. The van der Waals surface area contributed by atoms with Crippen LogP contribution in [0.15, 0.2) is 30.4 Å². The van der Waals surface area contributed by atoms with Gasteiger partial charge in [0.1, 0.15) is 0 Å². The monoisotopic (exact) mass is 395 g/mol. The van der Waals surface area contributed by atoms with Crippen molar-refractivity contribution in [3.63, 3.8) is 0 Å². The summed E-state index contributed by atoms with van der Waals surface area (Å²) in [7, 11) is 0. The van der Waals surface area contributed by atoms with Crippen molar-refractivity contribution in [1.82, 2.24) is 4.90 Å². The zero-order chi connectivity index (χ0) is 20.4. The molecule has 1 heterocycles. The highest BCUT2D eigenvalue weighted by Crippen LogP contribution is 2.35. The van der Waals surface area contributed by atoms with Gasteiger partial charge in [-0.25, -0.2) is 0 Å². The Balaban J connectivity index is 1.27. The molecule has 4 rings (SSSR count). The lowest BCUT2D eigenvalue weighted by molar-refractivity contribution is -0.145. The number of amides is 2. The number of nitrogens with zero attached hydrogens (tertiary/aromatic N) is 1. The van der Waals surface area contributed by atoms with E-state index in [1.165, 1.54) is 22.4 Å². The number of imide groups is 1. The molecule has 29 heavy (non-hydrogen) atoms. The van der Waals surface area contributed by atoms with Gasteiger partial charge in [-0.1, -0.05) is 24.3 Å². The van der Waals surface area contributed by atoms with Gasteiger partial charge in [-0.15, -0.1) is 0 Å². The van der Waals surface area contributed by atoms with Crippen LogP contribution >= 0.6 is 0 Å². The minimum Gasteiger partial charge on any atom is -0.457 e. The van der Waals surface area contributed by atoms with Crippen LogP contribution in [0.2, 0.25) is 0 Å². The van der Waals surface area contributed by atoms with Crippen LogP contribution in [-0.4, -0.2) is 41.6 Å². The molecule has 0 aromatic heterocycles. The van der Waals surface area contributed by atoms with E-state index < -0.39 is 5.97 Å². The molecule has 6 heteroatoms. The summed E-state index contributed by atoms with van der Waals surface area (Å²) in [5.41, 5.74) is 3.05. The smallest absolute Gasteiger partial charge is 0.308 e. The number of hydrogen-bond acceptors (Lipinski definition) is 5. The van der Waals surface area contributed by atoms with Crippen molar-refractivity contribution in [2.24, 2.45) is 11.8 Å². The average molecular weight is 395 g/mol. The average Bonchev–Trinajstić information content (AvgIpc) is 3.00. The summed E-state index contributed by atoms with van der Waals surface area (Å²) in [6.07, 6.45) is 9.24. The van der Waals surface area contributed by atoms with E-state index in [-0.39, 0.29) is 49.0 Å². The summed E-state index contributed by atoms with van der Waals surface area (Å²) in [5, 5.41) is 0. The Hall–Kier alpha value is -2.76. The van der Waals surface area contributed by atoms with Gasteiger partial charge in [0.05, 0.1) is 18.3 Å². The van der Waals surface area contributed by atoms with Crippen molar-refractivity contribution in [1.29, 1.82) is 0 Å². The van der Waals surface area contributed by atoms with E-state index in [1.807, 2.05) is 24.3 Å². The second-order valence-corrected chi connectivity index (χ2v) is 8.01. The van der Waals surface area contributed by atoms with Gasteiger partial charge >= 0.3 is 5.97 Å². The highest BCUT2D eigenvalue weighted by molar-refractivity contribution is 6.05. The Labute approximate surface area is 169 Å². The molecule has 2 amide bonds. The Morgan fingerprint density at radius 2 is 1.62 bits per heavy atom. The van der Waals surface area contributed by atoms with Gasteiger partial charge in [-0.3, -0.25) is 24.1 Å². The molecular formula is C23H25NO5. The Morgan fingerprint density at radius 3 is 2.31 bits per heavy atom. The van der Waals surface area contributed by atoms with Gasteiger partial charge in [0.15, 0.2) is 12.4 Å². The van der Waals surface area contributed by atoms with Crippen LogP contribution in [0.3, 0.4) is 0 Å². The first-order chi connectivity index (χ1) is 14.0. The lowest BCUT2D eigenvalue weighted by Crippen LogP contribution is -2.33. The highest BCUT2D eigenvalue weighted by Gasteiger charge is 2.46. The molecule has 2 aliphatic carbocycles. The van der Waals surface area contributed by atoms with Crippen molar-refractivity contribution in [2.75, 3.05) is 13.2 Å². The van der Waals surface area contributed by atoms with Gasteiger partial charge in [0, 0.05) is 12.1 Å². The third-order valence-electron chi connectivity index (χ3n) is 6.17. The Kier molecular flexibility index (Phi) is 5.60. The van der Waals surface area contributed by atoms with E-state index in [4.69, 9.17) is 4.74 Å². The first kappa shape index (κ1) is 19.6. The molecule has 6 nitrogen and oxygen atoms in total. The largest absolute Gasteiger partial charge is 0.457 e. The maximum absolute atomic E-state index is 12.4. The third kappa shape index (κ3) is 4.02. The molecule has 0 radical (unpaired) electrons. The van der Waals surface area contributed by atoms with Crippen molar-refractivity contribution in [2.45, 2.75) is 44.9 Å². The summed E-state index contributed by atoms with van der Waals surface area (Å²) >= 11 is 0. The summed E-state index contributed by atoms with van der Waals surface area (Å²) in [6.45, 7) is -0.314. The van der Waals surface area contributed by atoms with Crippen molar-refractivity contribution in [3.05, 3.63) is 47.0 Å². The molecule has 0 N–H and O–H groups in total. The Bertz CT molecular complexity index is 861. The fourth-order valence-electron chi connectivity index (χ4n) is 4.50. The lowest BCUT2D eigenvalue weighted by Gasteiger charge is -2.16. The van der Waals surface area contributed by atoms with Crippen LogP contribution in [0.4, 0.5) is 0 Å². The van der Waals surface area contributed by atoms with E-state index in [2.05, 4.69) is 0 Å². The number of rotatable bonds is 6. The summed E-state index contributed by atoms with van der Waals surface area (Å²) in [6, 6.07) is 5.68. The normalized spacial score (nSPS) is 23.0. The first-order valence-corrected chi connectivity index (χ1v) is 10.4. The van der Waals surface area contributed by atoms with Gasteiger partial charge in [-0.05, 0) is 55.7 Å². The molecule has 0 saturated carbocycles. The van der Waals surface area contributed by atoms with Crippen molar-refractivity contribution >= 4 is 23.6 Å².